The third-order valence-corrected chi connectivity index (χ3v) is 4.40. The minimum Gasteiger partial charge on any atom is -0.431 e. The molecule has 1 atom stereocenters. The van der Waals surface area contributed by atoms with Crippen LogP contribution < -0.4 is 5.32 Å². The van der Waals surface area contributed by atoms with Crippen LogP contribution in [0, 0.1) is 6.92 Å². The molecule has 0 bridgehead atoms. The van der Waals surface area contributed by atoms with Crippen molar-refractivity contribution < 1.29 is 4.42 Å². The van der Waals surface area contributed by atoms with Gasteiger partial charge in [-0.25, -0.2) is 4.98 Å². The largest absolute Gasteiger partial charge is 0.431 e. The molecule has 0 aliphatic carbocycles. The van der Waals surface area contributed by atoms with Crippen molar-refractivity contribution in [2.24, 2.45) is 0 Å². The van der Waals surface area contributed by atoms with Crippen LogP contribution in [0.5, 0.6) is 0 Å². The summed E-state index contributed by atoms with van der Waals surface area (Å²) in [6.07, 6.45) is 0. The Hall–Kier alpha value is -1.78. The summed E-state index contributed by atoms with van der Waals surface area (Å²) in [4.78, 5) is 4.50. The predicted molar refractivity (Wildman–Crippen MR) is 87.7 cm³/mol. The Morgan fingerprint density at radius 1 is 1.14 bits per heavy atom. The zero-order valence-electron chi connectivity index (χ0n) is 12.2. The highest BCUT2D eigenvalue weighted by Crippen LogP contribution is 2.27. The first-order valence-corrected chi connectivity index (χ1v) is 7.97. The number of para-hydroxylation sites is 2. The van der Waals surface area contributed by atoms with Crippen molar-refractivity contribution in [3.8, 4) is 0 Å². The van der Waals surface area contributed by atoms with Gasteiger partial charge in [0.1, 0.15) is 5.52 Å². The van der Waals surface area contributed by atoms with E-state index in [0.29, 0.717) is 0 Å². The van der Waals surface area contributed by atoms with Crippen LogP contribution in [-0.2, 0) is 0 Å². The maximum Gasteiger partial charge on any atom is 0.256 e. The lowest BCUT2D eigenvalue weighted by Crippen LogP contribution is -2.18. The summed E-state index contributed by atoms with van der Waals surface area (Å²) in [5, 5.41) is 4.08. The Balaban J connectivity index is 1.71. The number of hydrogen-bond donors (Lipinski definition) is 1. The van der Waals surface area contributed by atoms with E-state index in [1.807, 2.05) is 31.3 Å². The molecule has 1 N–H and O–H groups in total. The fourth-order valence-electron chi connectivity index (χ4n) is 2.21. The molecule has 0 amide bonds. The zero-order chi connectivity index (χ0) is 14.7. The van der Waals surface area contributed by atoms with Crippen molar-refractivity contribution in [1.29, 1.82) is 0 Å². The minimum absolute atomic E-state index is 0.283. The van der Waals surface area contributed by atoms with Crippen molar-refractivity contribution in [1.82, 2.24) is 10.3 Å². The third-order valence-electron chi connectivity index (χ3n) is 3.48. The van der Waals surface area contributed by atoms with E-state index < -0.39 is 0 Å². The lowest BCUT2D eigenvalue weighted by Gasteiger charge is -2.15. The molecule has 2 aromatic carbocycles. The van der Waals surface area contributed by atoms with E-state index >= 15 is 0 Å². The average molecular weight is 298 g/mol. The first-order chi connectivity index (χ1) is 10.3. The molecule has 1 heterocycles. The van der Waals surface area contributed by atoms with E-state index in [1.54, 1.807) is 11.8 Å². The third kappa shape index (κ3) is 3.28. The number of benzene rings is 2. The minimum atomic E-state index is 0.283. The first kappa shape index (κ1) is 14.2. The number of rotatable bonds is 5. The van der Waals surface area contributed by atoms with Crippen LogP contribution in [-0.4, -0.2) is 17.8 Å². The molecule has 4 heteroatoms. The van der Waals surface area contributed by atoms with Gasteiger partial charge in [0.05, 0.1) is 0 Å². The number of nitrogens with zero attached hydrogens (tertiary/aromatic N) is 1. The number of aromatic nitrogens is 1. The van der Waals surface area contributed by atoms with Crippen LogP contribution in [0.15, 0.2) is 58.2 Å². The maximum absolute atomic E-state index is 5.74. The molecule has 3 aromatic rings. The summed E-state index contributed by atoms with van der Waals surface area (Å²) in [5.74, 6) is 0.881. The van der Waals surface area contributed by atoms with Crippen LogP contribution in [0.4, 0.5) is 0 Å². The second kappa shape index (κ2) is 6.33. The lowest BCUT2D eigenvalue weighted by atomic mass is 10.1. The van der Waals surface area contributed by atoms with Crippen molar-refractivity contribution in [2.45, 2.75) is 18.2 Å². The lowest BCUT2D eigenvalue weighted by molar-refractivity contribution is 0.488. The Morgan fingerprint density at radius 3 is 2.62 bits per heavy atom. The van der Waals surface area contributed by atoms with Crippen LogP contribution in [0.25, 0.3) is 11.1 Å². The standard InChI is InChI=1S/C17H18N2OS/c1-12-7-9-13(10-8-12)15(18-2)11-21-17-19-14-5-3-4-6-16(14)20-17/h3-10,15,18H,11H2,1-2H3. The van der Waals surface area contributed by atoms with Crippen molar-refractivity contribution in [3.63, 3.8) is 0 Å². The van der Waals surface area contributed by atoms with E-state index in [2.05, 4.69) is 41.5 Å². The number of hydrogen-bond acceptors (Lipinski definition) is 4. The fraction of sp³-hybridized carbons (Fsp3) is 0.235. The second-order valence-electron chi connectivity index (χ2n) is 5.01. The number of nitrogens with one attached hydrogen (secondary N) is 1. The normalized spacial score (nSPS) is 12.7. The van der Waals surface area contributed by atoms with Crippen molar-refractivity contribution in [2.75, 3.05) is 12.8 Å². The Morgan fingerprint density at radius 2 is 1.90 bits per heavy atom. The van der Waals surface area contributed by atoms with Gasteiger partial charge in [0, 0.05) is 11.8 Å². The summed E-state index contributed by atoms with van der Waals surface area (Å²) in [6.45, 7) is 2.10. The van der Waals surface area contributed by atoms with Gasteiger partial charge in [-0.05, 0) is 31.7 Å². The predicted octanol–water partition coefficient (Wildman–Crippen LogP) is 4.19. The quantitative estimate of drug-likeness (QED) is 0.717. The van der Waals surface area contributed by atoms with Gasteiger partial charge in [0.25, 0.3) is 5.22 Å². The van der Waals surface area contributed by atoms with Gasteiger partial charge in [-0.1, -0.05) is 53.7 Å². The van der Waals surface area contributed by atoms with Gasteiger partial charge in [-0.3, -0.25) is 0 Å². The summed E-state index contributed by atoms with van der Waals surface area (Å²) in [5.41, 5.74) is 4.32. The summed E-state index contributed by atoms with van der Waals surface area (Å²) in [7, 11) is 1.98. The molecule has 0 saturated carbocycles. The molecule has 108 valence electrons. The molecule has 3 rings (SSSR count). The number of thioether (sulfide) groups is 1. The molecular formula is C17H18N2OS. The van der Waals surface area contributed by atoms with Gasteiger partial charge >= 0.3 is 0 Å². The topological polar surface area (TPSA) is 38.1 Å². The average Bonchev–Trinajstić information content (AvgIpc) is 2.92. The first-order valence-electron chi connectivity index (χ1n) is 6.98. The van der Waals surface area contributed by atoms with E-state index in [-0.39, 0.29) is 6.04 Å². The molecule has 0 fully saturated rings. The van der Waals surface area contributed by atoms with Crippen LogP contribution >= 0.6 is 11.8 Å². The molecule has 3 nitrogen and oxygen atoms in total. The van der Waals surface area contributed by atoms with Gasteiger partial charge in [0.15, 0.2) is 5.58 Å². The van der Waals surface area contributed by atoms with Gasteiger partial charge in [0.2, 0.25) is 0 Å². The van der Waals surface area contributed by atoms with E-state index in [1.165, 1.54) is 11.1 Å². The summed E-state index contributed by atoms with van der Waals surface area (Å²) < 4.78 is 5.74. The van der Waals surface area contributed by atoms with Gasteiger partial charge < -0.3 is 9.73 Å². The van der Waals surface area contributed by atoms with Crippen molar-refractivity contribution >= 4 is 22.9 Å². The molecule has 0 aliphatic rings. The van der Waals surface area contributed by atoms with Gasteiger partial charge in [-0.2, -0.15) is 0 Å². The number of aryl methyl sites for hydroxylation is 1. The highest BCUT2D eigenvalue weighted by atomic mass is 32.2. The van der Waals surface area contributed by atoms with E-state index in [9.17, 15) is 0 Å². The fourth-order valence-corrected chi connectivity index (χ4v) is 3.19. The monoisotopic (exact) mass is 298 g/mol. The molecule has 21 heavy (non-hydrogen) atoms. The maximum atomic E-state index is 5.74. The molecular weight excluding hydrogens is 280 g/mol. The van der Waals surface area contributed by atoms with Crippen LogP contribution in [0.1, 0.15) is 17.2 Å². The highest BCUT2D eigenvalue weighted by molar-refractivity contribution is 7.99. The Kier molecular flexibility index (Phi) is 4.27. The second-order valence-corrected chi connectivity index (χ2v) is 5.98. The SMILES string of the molecule is CNC(CSc1nc2ccccc2o1)c1ccc(C)cc1. The molecule has 0 spiro atoms. The molecule has 0 saturated heterocycles. The number of oxazole rings is 1. The molecule has 1 aromatic heterocycles. The molecule has 1 unspecified atom stereocenters. The zero-order valence-corrected chi connectivity index (χ0v) is 13.0. The van der Waals surface area contributed by atoms with E-state index in [0.717, 1.165) is 22.1 Å². The van der Waals surface area contributed by atoms with E-state index in [4.69, 9.17) is 4.42 Å². The summed E-state index contributed by atoms with van der Waals surface area (Å²) >= 11 is 1.64. The molecule has 0 radical (unpaired) electrons. The smallest absolute Gasteiger partial charge is 0.256 e. The van der Waals surface area contributed by atoms with Crippen LogP contribution in [0.2, 0.25) is 0 Å². The number of fused-ring (bicyclic) bond motifs is 1. The Labute approximate surface area is 128 Å². The Bertz CT molecular complexity index is 688. The summed E-state index contributed by atoms with van der Waals surface area (Å²) in [6, 6.07) is 16.8. The molecule has 0 aliphatic heterocycles. The van der Waals surface area contributed by atoms with Gasteiger partial charge in [-0.15, -0.1) is 0 Å². The van der Waals surface area contributed by atoms with Crippen LogP contribution in [0.3, 0.4) is 0 Å². The highest BCUT2D eigenvalue weighted by Gasteiger charge is 2.12. The van der Waals surface area contributed by atoms with Crippen molar-refractivity contribution in [3.05, 3.63) is 59.7 Å².